The number of nitrogens with one attached hydrogen (secondary N) is 1. The molecule has 1 aliphatic heterocycles. The minimum absolute atomic E-state index is 0.0390. The second-order valence-corrected chi connectivity index (χ2v) is 5.77. The lowest BCUT2D eigenvalue weighted by molar-refractivity contribution is -0.121. The molecule has 1 aliphatic rings. The molecule has 6 heteroatoms. The van der Waals surface area contributed by atoms with Gasteiger partial charge < -0.3 is 19.7 Å². The summed E-state index contributed by atoms with van der Waals surface area (Å²) in [5.41, 5.74) is 2.34. The first-order valence-electron chi connectivity index (χ1n) is 8.02. The van der Waals surface area contributed by atoms with Crippen LogP contribution in [0.1, 0.15) is 12.0 Å². The highest BCUT2D eigenvalue weighted by atomic mass is 16.5. The van der Waals surface area contributed by atoms with Crippen molar-refractivity contribution in [2.45, 2.75) is 12.8 Å². The number of ether oxygens (including phenoxy) is 2. The van der Waals surface area contributed by atoms with Crippen molar-refractivity contribution in [2.75, 3.05) is 31.0 Å². The van der Waals surface area contributed by atoms with Gasteiger partial charge in [-0.1, -0.05) is 12.1 Å². The molecule has 0 aliphatic carbocycles. The highest BCUT2D eigenvalue weighted by Crippen LogP contribution is 2.30. The Labute approximate surface area is 146 Å². The van der Waals surface area contributed by atoms with Gasteiger partial charge in [0.05, 0.1) is 25.6 Å². The predicted octanol–water partition coefficient (Wildman–Crippen LogP) is 2.62. The zero-order valence-corrected chi connectivity index (χ0v) is 14.2. The number of para-hydroxylation sites is 2. The molecule has 0 atom stereocenters. The molecule has 6 nitrogen and oxygen atoms in total. The largest absolute Gasteiger partial charge is 0.497 e. The van der Waals surface area contributed by atoms with Gasteiger partial charge in [0, 0.05) is 12.5 Å². The lowest BCUT2D eigenvalue weighted by Gasteiger charge is -2.29. The number of fused-ring (bicyclic) bond motifs is 1. The summed E-state index contributed by atoms with van der Waals surface area (Å²) >= 11 is 0. The number of carbonyl (C=O) groups is 2. The van der Waals surface area contributed by atoms with E-state index in [1.54, 1.807) is 26.4 Å². The van der Waals surface area contributed by atoms with Gasteiger partial charge in [-0.3, -0.25) is 9.59 Å². The monoisotopic (exact) mass is 340 g/mol. The molecule has 0 radical (unpaired) electrons. The second kappa shape index (κ2) is 7.25. The molecule has 0 unspecified atom stereocenters. The lowest BCUT2D eigenvalue weighted by atomic mass is 10.1. The van der Waals surface area contributed by atoms with E-state index < -0.39 is 0 Å². The van der Waals surface area contributed by atoms with Gasteiger partial charge in [-0.25, -0.2) is 0 Å². The zero-order valence-electron chi connectivity index (χ0n) is 14.2. The van der Waals surface area contributed by atoms with Crippen molar-refractivity contribution in [1.29, 1.82) is 0 Å². The van der Waals surface area contributed by atoms with Crippen molar-refractivity contribution in [1.82, 2.24) is 0 Å². The Morgan fingerprint density at radius 1 is 1.12 bits per heavy atom. The summed E-state index contributed by atoms with van der Waals surface area (Å²) < 4.78 is 10.5. The van der Waals surface area contributed by atoms with Gasteiger partial charge >= 0.3 is 0 Å². The second-order valence-electron chi connectivity index (χ2n) is 5.77. The van der Waals surface area contributed by atoms with Crippen LogP contribution in [0.25, 0.3) is 0 Å². The molecule has 2 aromatic rings. The maximum Gasteiger partial charge on any atom is 0.244 e. The van der Waals surface area contributed by atoms with Crippen molar-refractivity contribution < 1.29 is 19.1 Å². The van der Waals surface area contributed by atoms with Crippen LogP contribution in [0.5, 0.6) is 11.5 Å². The Kier molecular flexibility index (Phi) is 4.88. The number of amides is 2. The molecular weight excluding hydrogens is 320 g/mol. The third kappa shape index (κ3) is 3.74. The van der Waals surface area contributed by atoms with Gasteiger partial charge in [0.2, 0.25) is 11.8 Å². The van der Waals surface area contributed by atoms with Crippen molar-refractivity contribution >= 4 is 23.2 Å². The number of benzene rings is 2. The van der Waals surface area contributed by atoms with E-state index in [0.29, 0.717) is 23.6 Å². The molecule has 2 aromatic carbocycles. The fourth-order valence-electron chi connectivity index (χ4n) is 2.85. The molecule has 0 bridgehead atoms. The molecule has 0 spiro atoms. The minimum atomic E-state index is -0.185. The number of rotatable bonds is 5. The van der Waals surface area contributed by atoms with E-state index >= 15 is 0 Å². The van der Waals surface area contributed by atoms with Crippen LogP contribution in [0, 0.1) is 0 Å². The van der Waals surface area contributed by atoms with Crippen LogP contribution < -0.4 is 19.7 Å². The highest BCUT2D eigenvalue weighted by Gasteiger charge is 2.26. The third-order valence-electron chi connectivity index (χ3n) is 4.11. The fraction of sp³-hybridized carbons (Fsp3) is 0.263. The summed E-state index contributed by atoms with van der Waals surface area (Å²) in [7, 11) is 3.18. The molecule has 0 fully saturated rings. The molecule has 0 saturated carbocycles. The van der Waals surface area contributed by atoms with Crippen LogP contribution in [0.3, 0.4) is 0 Å². The average Bonchev–Trinajstić information content (AvgIpc) is 2.64. The Morgan fingerprint density at radius 3 is 2.48 bits per heavy atom. The van der Waals surface area contributed by atoms with Crippen LogP contribution in [0.2, 0.25) is 0 Å². The quantitative estimate of drug-likeness (QED) is 0.908. The van der Waals surface area contributed by atoms with Gasteiger partial charge in [-0.05, 0) is 36.2 Å². The Balaban J connectivity index is 1.74. The van der Waals surface area contributed by atoms with E-state index in [1.807, 2.05) is 30.3 Å². The Hall–Kier alpha value is -3.02. The minimum Gasteiger partial charge on any atom is -0.497 e. The normalized spacial score (nSPS) is 13.0. The first-order chi connectivity index (χ1) is 12.1. The number of hydrogen-bond acceptors (Lipinski definition) is 4. The summed E-state index contributed by atoms with van der Waals surface area (Å²) in [5, 5.41) is 2.78. The van der Waals surface area contributed by atoms with Crippen LogP contribution in [0.4, 0.5) is 11.4 Å². The molecule has 1 heterocycles. The molecule has 1 N–H and O–H groups in total. The fourth-order valence-corrected chi connectivity index (χ4v) is 2.85. The number of carbonyl (C=O) groups excluding carboxylic acids is 2. The van der Waals surface area contributed by atoms with E-state index in [1.165, 1.54) is 4.90 Å². The van der Waals surface area contributed by atoms with Gasteiger partial charge in [0.15, 0.2) is 0 Å². The molecule has 0 saturated heterocycles. The molecule has 2 amide bonds. The van der Waals surface area contributed by atoms with E-state index in [0.717, 1.165) is 11.3 Å². The molecular formula is C19H20N2O4. The van der Waals surface area contributed by atoms with E-state index in [2.05, 4.69) is 5.32 Å². The Morgan fingerprint density at radius 2 is 1.80 bits per heavy atom. The number of methoxy groups -OCH3 is 2. The summed E-state index contributed by atoms with van der Waals surface area (Å²) in [6.07, 6.45) is 0.824. The van der Waals surface area contributed by atoms with Gasteiger partial charge in [0.1, 0.15) is 18.0 Å². The summed E-state index contributed by atoms with van der Waals surface area (Å²) in [4.78, 5) is 26.0. The molecule has 130 valence electrons. The van der Waals surface area contributed by atoms with E-state index in [-0.39, 0.29) is 24.8 Å². The highest BCUT2D eigenvalue weighted by molar-refractivity contribution is 6.09. The predicted molar refractivity (Wildman–Crippen MR) is 95.3 cm³/mol. The van der Waals surface area contributed by atoms with Crippen molar-refractivity contribution in [2.24, 2.45) is 0 Å². The topological polar surface area (TPSA) is 67.9 Å². The number of hydrogen-bond donors (Lipinski definition) is 1. The maximum absolute atomic E-state index is 12.7. The molecule has 0 aromatic heterocycles. The van der Waals surface area contributed by atoms with Crippen molar-refractivity contribution in [3.8, 4) is 11.5 Å². The summed E-state index contributed by atoms with van der Waals surface area (Å²) in [5.74, 6) is 1.09. The summed E-state index contributed by atoms with van der Waals surface area (Å²) in [6, 6.07) is 12.9. The average molecular weight is 340 g/mol. The van der Waals surface area contributed by atoms with Crippen molar-refractivity contribution in [3.63, 3.8) is 0 Å². The number of anilines is 2. The van der Waals surface area contributed by atoms with E-state index in [9.17, 15) is 9.59 Å². The van der Waals surface area contributed by atoms with Crippen LogP contribution in [-0.4, -0.2) is 32.6 Å². The van der Waals surface area contributed by atoms with Crippen molar-refractivity contribution in [3.05, 3.63) is 48.0 Å². The number of nitrogens with zero attached hydrogens (tertiary/aromatic N) is 1. The van der Waals surface area contributed by atoms with Gasteiger partial charge in [0.25, 0.3) is 0 Å². The van der Waals surface area contributed by atoms with Crippen LogP contribution in [-0.2, 0) is 16.0 Å². The third-order valence-corrected chi connectivity index (χ3v) is 4.11. The lowest BCUT2D eigenvalue weighted by Crippen LogP contribution is -2.42. The van der Waals surface area contributed by atoms with Gasteiger partial charge in [-0.15, -0.1) is 0 Å². The molecule has 3 rings (SSSR count). The van der Waals surface area contributed by atoms with Crippen LogP contribution >= 0.6 is 0 Å². The smallest absolute Gasteiger partial charge is 0.244 e. The van der Waals surface area contributed by atoms with E-state index in [4.69, 9.17) is 9.47 Å². The first-order valence-corrected chi connectivity index (χ1v) is 8.02. The maximum atomic E-state index is 12.7. The van der Waals surface area contributed by atoms with Gasteiger partial charge in [-0.2, -0.15) is 0 Å². The first kappa shape index (κ1) is 16.8. The Bertz CT molecular complexity index is 782. The molecule has 25 heavy (non-hydrogen) atoms. The number of aryl methyl sites for hydroxylation is 1. The standard InChI is InChI=1S/C19H20N2O4/c1-24-14-9-13(10-15(11-14)25-2)7-8-19(23)21-12-18(22)20-16-5-3-4-6-17(16)21/h3-6,9-11H,7-8,12H2,1-2H3,(H,20,22). The SMILES string of the molecule is COc1cc(CCC(=O)N2CC(=O)Nc3ccccc32)cc(OC)c1. The van der Waals surface area contributed by atoms with Crippen LogP contribution in [0.15, 0.2) is 42.5 Å². The zero-order chi connectivity index (χ0) is 17.8. The summed E-state index contributed by atoms with van der Waals surface area (Å²) in [6.45, 7) is 0.0390.